The lowest BCUT2D eigenvalue weighted by Crippen LogP contribution is -2.35. The molecule has 1 aromatic heterocycles. The Kier molecular flexibility index (Phi) is 4.64. The predicted molar refractivity (Wildman–Crippen MR) is 88.5 cm³/mol. The second kappa shape index (κ2) is 6.12. The summed E-state index contributed by atoms with van der Waals surface area (Å²) in [4.78, 5) is 9.28. The Balaban J connectivity index is 2.30. The highest BCUT2D eigenvalue weighted by molar-refractivity contribution is 6.30. The maximum Gasteiger partial charge on any atom is 0.159 e. The van der Waals surface area contributed by atoms with E-state index in [0.717, 1.165) is 34.3 Å². The van der Waals surface area contributed by atoms with Crippen LogP contribution in [0.3, 0.4) is 0 Å². The molecule has 0 saturated heterocycles. The van der Waals surface area contributed by atoms with Crippen LogP contribution in [0.15, 0.2) is 24.3 Å². The number of nitrogens with zero attached hydrogens (tertiary/aromatic N) is 2. The summed E-state index contributed by atoms with van der Waals surface area (Å²) in [7, 11) is 0. The third-order valence-corrected chi connectivity index (χ3v) is 3.57. The van der Waals surface area contributed by atoms with Gasteiger partial charge in [-0.2, -0.15) is 0 Å². The number of rotatable bonds is 3. The summed E-state index contributed by atoms with van der Waals surface area (Å²) >= 11 is 5.92. The van der Waals surface area contributed by atoms with Crippen molar-refractivity contribution in [1.29, 1.82) is 0 Å². The fourth-order valence-electron chi connectivity index (χ4n) is 2.08. The number of hydrogen-bond donors (Lipinski definition) is 1. The smallest absolute Gasteiger partial charge is 0.159 e. The van der Waals surface area contributed by atoms with E-state index in [1.54, 1.807) is 0 Å². The van der Waals surface area contributed by atoms with Crippen LogP contribution in [0.1, 0.15) is 37.7 Å². The van der Waals surface area contributed by atoms with Crippen LogP contribution in [0.4, 0.5) is 0 Å². The highest BCUT2D eigenvalue weighted by Crippen LogP contribution is 2.21. The van der Waals surface area contributed by atoms with Crippen molar-refractivity contribution in [3.8, 4) is 11.4 Å². The highest BCUT2D eigenvalue weighted by atomic mass is 35.5. The molecule has 0 fully saturated rings. The van der Waals surface area contributed by atoms with Crippen molar-refractivity contribution in [2.24, 2.45) is 0 Å². The molecule has 0 aliphatic rings. The van der Waals surface area contributed by atoms with E-state index in [-0.39, 0.29) is 5.54 Å². The number of hydrogen-bond acceptors (Lipinski definition) is 3. The van der Waals surface area contributed by atoms with Crippen LogP contribution in [0.5, 0.6) is 0 Å². The Morgan fingerprint density at radius 1 is 1.00 bits per heavy atom. The van der Waals surface area contributed by atoms with Gasteiger partial charge in [0.05, 0.1) is 0 Å². The van der Waals surface area contributed by atoms with E-state index < -0.39 is 0 Å². The maximum absolute atomic E-state index is 5.92. The minimum absolute atomic E-state index is 0.0771. The maximum atomic E-state index is 5.92. The van der Waals surface area contributed by atoms with Gasteiger partial charge in [-0.15, -0.1) is 0 Å². The van der Waals surface area contributed by atoms with E-state index in [1.807, 2.05) is 38.1 Å². The molecule has 21 heavy (non-hydrogen) atoms. The Hall–Kier alpha value is -1.45. The van der Waals surface area contributed by atoms with Crippen molar-refractivity contribution in [3.63, 3.8) is 0 Å². The largest absolute Gasteiger partial charge is 0.308 e. The van der Waals surface area contributed by atoms with Gasteiger partial charge >= 0.3 is 0 Å². The van der Waals surface area contributed by atoms with Crippen molar-refractivity contribution in [2.75, 3.05) is 0 Å². The van der Waals surface area contributed by atoms with E-state index in [9.17, 15) is 0 Å². The molecule has 1 N–H and O–H groups in total. The third kappa shape index (κ3) is 4.26. The van der Waals surface area contributed by atoms with Crippen molar-refractivity contribution >= 4 is 11.6 Å². The number of aromatic nitrogens is 2. The van der Waals surface area contributed by atoms with Crippen LogP contribution in [0.2, 0.25) is 5.02 Å². The lowest BCUT2D eigenvalue weighted by Gasteiger charge is -2.22. The lowest BCUT2D eigenvalue weighted by molar-refractivity contribution is 0.422. The normalized spacial score (nSPS) is 11.7. The molecule has 2 aromatic rings. The number of benzene rings is 1. The minimum Gasteiger partial charge on any atom is -0.308 e. The summed E-state index contributed by atoms with van der Waals surface area (Å²) in [6.07, 6.45) is 0. The molecule has 0 saturated carbocycles. The molecule has 0 aliphatic carbocycles. The average Bonchev–Trinajstić information content (AvgIpc) is 2.37. The zero-order chi connectivity index (χ0) is 15.6. The zero-order valence-electron chi connectivity index (χ0n) is 13.3. The molecular weight excluding hydrogens is 282 g/mol. The number of nitrogens with one attached hydrogen (secondary N) is 1. The molecule has 1 heterocycles. The van der Waals surface area contributed by atoms with E-state index in [0.29, 0.717) is 0 Å². The van der Waals surface area contributed by atoms with Gasteiger partial charge in [-0.3, -0.25) is 0 Å². The zero-order valence-corrected chi connectivity index (χ0v) is 14.0. The van der Waals surface area contributed by atoms with Crippen LogP contribution in [0.25, 0.3) is 11.4 Å². The van der Waals surface area contributed by atoms with Crippen LogP contribution in [0, 0.1) is 13.8 Å². The molecule has 3 nitrogen and oxygen atoms in total. The monoisotopic (exact) mass is 303 g/mol. The molecule has 0 atom stereocenters. The molecule has 0 radical (unpaired) electrons. The second-order valence-corrected chi connectivity index (χ2v) is 6.74. The van der Waals surface area contributed by atoms with E-state index in [4.69, 9.17) is 11.6 Å². The molecule has 2 rings (SSSR count). The van der Waals surface area contributed by atoms with Gasteiger partial charge in [-0.1, -0.05) is 11.6 Å². The number of aryl methyl sites for hydroxylation is 2. The molecule has 1 aromatic carbocycles. The van der Waals surface area contributed by atoms with Gasteiger partial charge in [-0.25, -0.2) is 9.97 Å². The summed E-state index contributed by atoms with van der Waals surface area (Å²) in [5.74, 6) is 0.751. The minimum atomic E-state index is 0.0771. The van der Waals surface area contributed by atoms with Crippen molar-refractivity contribution < 1.29 is 0 Å². The summed E-state index contributed by atoms with van der Waals surface area (Å²) in [5.41, 5.74) is 4.27. The topological polar surface area (TPSA) is 37.8 Å². The third-order valence-electron chi connectivity index (χ3n) is 3.32. The van der Waals surface area contributed by atoms with Gasteiger partial charge in [0.1, 0.15) is 0 Å². The Bertz CT molecular complexity index is 604. The summed E-state index contributed by atoms with van der Waals surface area (Å²) in [5, 5.41) is 4.21. The standard InChI is InChI=1S/C17H22ClN3/c1-11-15(10-19-17(3,4)5)12(2)21-16(20-11)13-6-8-14(18)9-7-13/h6-9,19H,10H2,1-5H3. The molecule has 0 amide bonds. The first-order valence-corrected chi connectivity index (χ1v) is 7.49. The first-order valence-electron chi connectivity index (χ1n) is 7.11. The first-order chi connectivity index (χ1) is 9.76. The molecule has 0 aliphatic heterocycles. The van der Waals surface area contributed by atoms with Gasteiger partial charge < -0.3 is 5.32 Å². The molecule has 4 heteroatoms. The lowest BCUT2D eigenvalue weighted by atomic mass is 10.1. The highest BCUT2D eigenvalue weighted by Gasteiger charge is 2.13. The van der Waals surface area contributed by atoms with Gasteiger partial charge in [0, 0.05) is 39.6 Å². The SMILES string of the molecule is Cc1nc(-c2ccc(Cl)cc2)nc(C)c1CNC(C)(C)C. The van der Waals surface area contributed by atoms with E-state index in [1.165, 1.54) is 5.56 Å². The Labute approximate surface area is 131 Å². The van der Waals surface area contributed by atoms with Gasteiger partial charge in [0.25, 0.3) is 0 Å². The quantitative estimate of drug-likeness (QED) is 0.918. The first kappa shape index (κ1) is 15.9. The van der Waals surface area contributed by atoms with Gasteiger partial charge in [0.15, 0.2) is 5.82 Å². The average molecular weight is 304 g/mol. The fraction of sp³-hybridized carbons (Fsp3) is 0.412. The molecule has 112 valence electrons. The van der Waals surface area contributed by atoms with Crippen molar-refractivity contribution in [3.05, 3.63) is 46.2 Å². The molecule has 0 unspecified atom stereocenters. The second-order valence-electron chi connectivity index (χ2n) is 6.31. The molecular formula is C17H22ClN3. The van der Waals surface area contributed by atoms with Crippen LogP contribution < -0.4 is 5.32 Å². The van der Waals surface area contributed by atoms with Crippen molar-refractivity contribution in [2.45, 2.75) is 46.7 Å². The Morgan fingerprint density at radius 3 is 2.00 bits per heavy atom. The Morgan fingerprint density at radius 2 is 1.52 bits per heavy atom. The van der Waals surface area contributed by atoms with Gasteiger partial charge in [-0.05, 0) is 58.9 Å². The molecule has 0 bridgehead atoms. The van der Waals surface area contributed by atoms with E-state index in [2.05, 4.69) is 36.1 Å². The molecule has 0 spiro atoms. The summed E-state index contributed by atoms with van der Waals surface area (Å²) in [6.45, 7) is 11.3. The van der Waals surface area contributed by atoms with E-state index >= 15 is 0 Å². The fourth-order valence-corrected chi connectivity index (χ4v) is 2.20. The number of halogens is 1. The predicted octanol–water partition coefficient (Wildman–Crippen LogP) is 4.30. The van der Waals surface area contributed by atoms with Gasteiger partial charge in [0.2, 0.25) is 0 Å². The summed E-state index contributed by atoms with van der Waals surface area (Å²) < 4.78 is 0. The van der Waals surface area contributed by atoms with Crippen molar-refractivity contribution in [1.82, 2.24) is 15.3 Å². The summed E-state index contributed by atoms with van der Waals surface area (Å²) in [6, 6.07) is 7.62. The van der Waals surface area contributed by atoms with Crippen LogP contribution in [-0.4, -0.2) is 15.5 Å². The van der Waals surface area contributed by atoms with Crippen LogP contribution in [-0.2, 0) is 6.54 Å². The van der Waals surface area contributed by atoms with Crippen LogP contribution >= 0.6 is 11.6 Å².